The third-order valence-corrected chi connectivity index (χ3v) is 3.92. The molecule has 0 radical (unpaired) electrons. The molecule has 0 aromatic heterocycles. The van der Waals surface area contributed by atoms with Crippen molar-refractivity contribution >= 4 is 5.71 Å². The van der Waals surface area contributed by atoms with Crippen LogP contribution in [0, 0.1) is 0 Å². The lowest BCUT2D eigenvalue weighted by Crippen LogP contribution is -2.32. The van der Waals surface area contributed by atoms with Gasteiger partial charge in [0.25, 0.3) is 0 Å². The Morgan fingerprint density at radius 1 is 1.62 bits per heavy atom. The zero-order valence-electron chi connectivity index (χ0n) is 12.0. The molecule has 0 aromatic carbocycles. The highest BCUT2D eigenvalue weighted by atomic mass is 19.1. The Labute approximate surface area is 123 Å². The number of aliphatic imine (C=N–C) groups is 1. The summed E-state index contributed by atoms with van der Waals surface area (Å²) in [5, 5.41) is 0. The highest BCUT2D eigenvalue weighted by molar-refractivity contribution is 6.12. The molecule has 0 aliphatic carbocycles. The summed E-state index contributed by atoms with van der Waals surface area (Å²) in [5.74, 6) is 0.782. The number of fused-ring (bicyclic) bond motifs is 1. The topological polar surface area (TPSA) is 39.4 Å². The van der Waals surface area contributed by atoms with Crippen molar-refractivity contribution in [2.24, 2.45) is 4.99 Å². The summed E-state index contributed by atoms with van der Waals surface area (Å²) in [7, 11) is 1.73. The quantitative estimate of drug-likeness (QED) is 0.814. The first-order valence-electron chi connectivity index (χ1n) is 7.03. The monoisotopic (exact) mass is 287 g/mol. The smallest absolute Gasteiger partial charge is 0.144 e. The first kappa shape index (κ1) is 13.9. The van der Waals surface area contributed by atoms with E-state index in [-0.39, 0.29) is 12.6 Å². The molecule has 0 amide bonds. The minimum absolute atomic E-state index is 0.149. The van der Waals surface area contributed by atoms with Gasteiger partial charge in [0.15, 0.2) is 0 Å². The molecule has 1 fully saturated rings. The molecule has 0 bridgehead atoms. The van der Waals surface area contributed by atoms with Crippen molar-refractivity contribution in [2.75, 3.05) is 20.3 Å². The van der Waals surface area contributed by atoms with Crippen LogP contribution >= 0.6 is 0 Å². The van der Waals surface area contributed by atoms with E-state index in [2.05, 4.69) is 16.6 Å². The summed E-state index contributed by atoms with van der Waals surface area (Å²) in [6, 6.07) is 3.68. The molecule has 0 saturated carbocycles. The Balaban J connectivity index is 2.04. The van der Waals surface area contributed by atoms with Gasteiger partial charge in [0.2, 0.25) is 0 Å². The third kappa shape index (κ3) is 2.38. The fourth-order valence-electron chi connectivity index (χ4n) is 2.86. The van der Waals surface area contributed by atoms with Gasteiger partial charge in [-0.05, 0) is 24.6 Å². The van der Waals surface area contributed by atoms with Gasteiger partial charge >= 0.3 is 0 Å². The van der Waals surface area contributed by atoms with Gasteiger partial charge in [-0.1, -0.05) is 6.58 Å². The Hall–Kier alpha value is -2.01. The Bertz CT molecular complexity index is 649. The standard InChI is InChI=1S/C16H18FN3O/c1-3-14(18-2)12-9-19-16-11(12)5-4-7-20(16)15-6-8-21-10-13(15)17/h3-5,7,9,13,15H,1,6,8,10H2,2H3. The van der Waals surface area contributed by atoms with Crippen LogP contribution in [0.25, 0.3) is 11.4 Å². The molecule has 5 heteroatoms. The molecule has 2 atom stereocenters. The maximum Gasteiger partial charge on any atom is 0.144 e. The number of nitrogens with zero attached hydrogens (tertiary/aromatic N) is 3. The molecule has 0 spiro atoms. The van der Waals surface area contributed by atoms with Gasteiger partial charge in [-0.3, -0.25) is 4.99 Å². The number of alkyl halides is 1. The molecule has 0 N–H and O–H groups in total. The number of allylic oxidation sites excluding steroid dienone is 1. The van der Waals surface area contributed by atoms with Crippen molar-refractivity contribution in [1.82, 2.24) is 9.55 Å². The van der Waals surface area contributed by atoms with Gasteiger partial charge in [-0.15, -0.1) is 0 Å². The van der Waals surface area contributed by atoms with Gasteiger partial charge in [-0.25, -0.2) is 9.37 Å². The summed E-state index contributed by atoms with van der Waals surface area (Å²) >= 11 is 0. The normalized spacial score (nSPS) is 23.4. The van der Waals surface area contributed by atoms with E-state index in [1.165, 1.54) is 0 Å². The van der Waals surface area contributed by atoms with Gasteiger partial charge < -0.3 is 9.30 Å². The second kappa shape index (κ2) is 5.77. The number of hydrogen-bond donors (Lipinski definition) is 0. The van der Waals surface area contributed by atoms with Crippen LogP contribution in [0.2, 0.25) is 0 Å². The van der Waals surface area contributed by atoms with Crippen molar-refractivity contribution in [3.8, 4) is 11.4 Å². The van der Waals surface area contributed by atoms with E-state index in [9.17, 15) is 4.39 Å². The molecule has 4 nitrogen and oxygen atoms in total. The summed E-state index contributed by atoms with van der Waals surface area (Å²) in [4.78, 5) is 8.68. The highest BCUT2D eigenvalue weighted by Gasteiger charge is 2.29. The maximum atomic E-state index is 14.1. The van der Waals surface area contributed by atoms with E-state index >= 15 is 0 Å². The minimum Gasteiger partial charge on any atom is -0.378 e. The number of pyridine rings is 1. The first-order chi connectivity index (χ1) is 10.3. The number of ether oxygens (including phenoxy) is 1. The fraction of sp³-hybridized carbons (Fsp3) is 0.375. The molecule has 1 saturated heterocycles. The average Bonchev–Trinajstić information content (AvgIpc) is 2.93. The molecule has 3 rings (SSSR count). The van der Waals surface area contributed by atoms with E-state index in [1.807, 2.05) is 22.9 Å². The number of halogens is 1. The van der Waals surface area contributed by atoms with Gasteiger partial charge in [0, 0.05) is 37.2 Å². The van der Waals surface area contributed by atoms with Crippen LogP contribution in [0.4, 0.5) is 4.39 Å². The van der Waals surface area contributed by atoms with Crippen LogP contribution in [-0.2, 0) is 4.74 Å². The number of aromatic nitrogens is 2. The second-order valence-corrected chi connectivity index (χ2v) is 5.08. The van der Waals surface area contributed by atoms with Crippen molar-refractivity contribution in [1.29, 1.82) is 0 Å². The van der Waals surface area contributed by atoms with Gasteiger partial charge in [0.05, 0.1) is 18.4 Å². The van der Waals surface area contributed by atoms with E-state index < -0.39 is 6.17 Å². The fourth-order valence-corrected chi connectivity index (χ4v) is 2.86. The predicted molar refractivity (Wildman–Crippen MR) is 80.9 cm³/mol. The minimum atomic E-state index is -1.01. The van der Waals surface area contributed by atoms with Crippen LogP contribution in [0.15, 0.2) is 42.2 Å². The van der Waals surface area contributed by atoms with Crippen LogP contribution in [0.5, 0.6) is 0 Å². The third-order valence-electron chi connectivity index (χ3n) is 3.92. The average molecular weight is 287 g/mol. The zero-order chi connectivity index (χ0) is 14.8. The number of rotatable bonds is 3. The first-order valence-corrected chi connectivity index (χ1v) is 7.03. The van der Waals surface area contributed by atoms with Crippen molar-refractivity contribution in [2.45, 2.75) is 18.6 Å². The van der Waals surface area contributed by atoms with E-state index in [1.54, 1.807) is 19.3 Å². The molecule has 3 aliphatic heterocycles. The van der Waals surface area contributed by atoms with Gasteiger partial charge in [-0.2, -0.15) is 0 Å². The maximum absolute atomic E-state index is 14.1. The second-order valence-electron chi connectivity index (χ2n) is 5.08. The molecule has 21 heavy (non-hydrogen) atoms. The lowest BCUT2D eigenvalue weighted by Gasteiger charge is -2.29. The lowest BCUT2D eigenvalue weighted by molar-refractivity contribution is 0.00346. The van der Waals surface area contributed by atoms with E-state index in [0.29, 0.717) is 13.0 Å². The molecule has 3 aliphatic rings. The molecule has 110 valence electrons. The van der Waals surface area contributed by atoms with E-state index in [0.717, 1.165) is 22.7 Å². The summed E-state index contributed by atoms with van der Waals surface area (Å²) in [5.41, 5.74) is 2.69. The van der Waals surface area contributed by atoms with Crippen molar-refractivity contribution in [3.05, 3.63) is 42.7 Å². The SMILES string of the molecule is C=CC(=NC)c1cnc2n(C3CCOCC3F)cccc1-2. The Morgan fingerprint density at radius 3 is 3.19 bits per heavy atom. The molecule has 0 aromatic rings. The molecule has 3 heterocycles. The van der Waals surface area contributed by atoms with Crippen LogP contribution in [0.1, 0.15) is 18.0 Å². The molecule has 2 unspecified atom stereocenters. The Kier molecular flexibility index (Phi) is 3.84. The van der Waals surface area contributed by atoms with Gasteiger partial charge in [0.1, 0.15) is 12.0 Å². The Morgan fingerprint density at radius 2 is 2.48 bits per heavy atom. The largest absolute Gasteiger partial charge is 0.378 e. The summed E-state index contributed by atoms with van der Waals surface area (Å²) in [6.45, 7) is 4.51. The van der Waals surface area contributed by atoms with Crippen LogP contribution in [-0.4, -0.2) is 41.7 Å². The lowest BCUT2D eigenvalue weighted by atomic mass is 10.0. The highest BCUT2D eigenvalue weighted by Crippen LogP contribution is 2.32. The van der Waals surface area contributed by atoms with Crippen LogP contribution < -0.4 is 0 Å². The zero-order valence-corrected chi connectivity index (χ0v) is 12.0. The molecular formula is C16H18FN3O. The predicted octanol–water partition coefficient (Wildman–Crippen LogP) is 2.89. The summed E-state index contributed by atoms with van der Waals surface area (Å²) in [6.07, 6.45) is 5.02. The van der Waals surface area contributed by atoms with Crippen molar-refractivity contribution in [3.63, 3.8) is 0 Å². The molecular weight excluding hydrogens is 269 g/mol. The van der Waals surface area contributed by atoms with Crippen molar-refractivity contribution < 1.29 is 9.13 Å². The number of hydrogen-bond acceptors (Lipinski definition) is 3. The summed E-state index contributed by atoms with van der Waals surface area (Å²) < 4.78 is 21.2. The van der Waals surface area contributed by atoms with E-state index in [4.69, 9.17) is 4.74 Å². The van der Waals surface area contributed by atoms with Crippen LogP contribution in [0.3, 0.4) is 0 Å².